The zero-order valence-corrected chi connectivity index (χ0v) is 18.4. The number of hydrogen-bond donors (Lipinski definition) is 1. The number of amides is 1. The molecule has 1 aliphatic carbocycles. The number of esters is 1. The fraction of sp³-hybridized carbons (Fsp3) is 0.429. The van der Waals surface area contributed by atoms with E-state index in [0.29, 0.717) is 22.2 Å². The maximum Gasteiger partial charge on any atom is 0.341 e. The van der Waals surface area contributed by atoms with Gasteiger partial charge in [-0.2, -0.15) is 0 Å². The lowest BCUT2D eigenvalue weighted by molar-refractivity contribution is -0.115. The molecule has 1 aromatic carbocycles. The lowest BCUT2D eigenvalue weighted by Crippen LogP contribution is -2.23. The standard InChI is InChI=1S/C21H24ClNO3S2/c1-3-26-21(25)18-16-7-5-4-6-8-17(16)28-20(18)23-19(24)13(2)27-15-11-9-14(22)10-12-15/h9-13H,3-8H2,1-2H3,(H,23,24)/t13-/m1/s1. The zero-order chi connectivity index (χ0) is 20.1. The molecule has 1 aromatic heterocycles. The summed E-state index contributed by atoms with van der Waals surface area (Å²) >= 11 is 8.91. The molecule has 0 saturated carbocycles. The summed E-state index contributed by atoms with van der Waals surface area (Å²) in [5, 5.41) is 3.97. The number of aryl methyl sites for hydroxylation is 1. The predicted octanol–water partition coefficient (Wildman–Crippen LogP) is 5.97. The molecule has 1 N–H and O–H groups in total. The molecule has 0 fully saturated rings. The molecule has 0 unspecified atom stereocenters. The molecule has 0 aliphatic heterocycles. The molecule has 0 radical (unpaired) electrons. The van der Waals surface area contributed by atoms with E-state index in [1.54, 1.807) is 6.92 Å². The highest BCUT2D eigenvalue weighted by atomic mass is 35.5. The van der Waals surface area contributed by atoms with E-state index in [1.165, 1.54) is 34.4 Å². The summed E-state index contributed by atoms with van der Waals surface area (Å²) in [6.07, 6.45) is 5.17. The van der Waals surface area contributed by atoms with E-state index in [4.69, 9.17) is 16.3 Å². The highest BCUT2D eigenvalue weighted by Gasteiger charge is 2.27. The van der Waals surface area contributed by atoms with Crippen molar-refractivity contribution in [2.45, 2.75) is 56.1 Å². The summed E-state index contributed by atoms with van der Waals surface area (Å²) in [5.41, 5.74) is 1.62. The van der Waals surface area contributed by atoms with E-state index in [9.17, 15) is 9.59 Å². The predicted molar refractivity (Wildman–Crippen MR) is 117 cm³/mol. The van der Waals surface area contributed by atoms with Crippen molar-refractivity contribution >= 4 is 51.6 Å². The van der Waals surface area contributed by atoms with Crippen LogP contribution in [0.15, 0.2) is 29.2 Å². The second-order valence-corrected chi connectivity index (χ2v) is 9.65. The molecule has 0 bridgehead atoms. The number of thioether (sulfide) groups is 1. The Kier molecular flexibility index (Phi) is 7.43. The normalized spacial score (nSPS) is 14.7. The van der Waals surface area contributed by atoms with Crippen molar-refractivity contribution in [3.05, 3.63) is 45.3 Å². The van der Waals surface area contributed by atoms with Crippen LogP contribution < -0.4 is 5.32 Å². The Balaban J connectivity index is 1.79. The summed E-state index contributed by atoms with van der Waals surface area (Å²) in [6, 6.07) is 7.41. The molecule has 3 rings (SSSR count). The number of rotatable bonds is 6. The number of carbonyl (C=O) groups is 2. The van der Waals surface area contributed by atoms with Crippen molar-refractivity contribution in [1.82, 2.24) is 0 Å². The van der Waals surface area contributed by atoms with E-state index < -0.39 is 0 Å². The number of halogens is 1. The van der Waals surface area contributed by atoms with Gasteiger partial charge < -0.3 is 10.1 Å². The average Bonchev–Trinajstić information content (AvgIpc) is 2.84. The van der Waals surface area contributed by atoms with Crippen molar-refractivity contribution in [2.75, 3.05) is 11.9 Å². The molecule has 0 saturated heterocycles. The fourth-order valence-corrected chi connectivity index (χ4v) is 5.51. The minimum absolute atomic E-state index is 0.123. The van der Waals surface area contributed by atoms with Crippen molar-refractivity contribution in [1.29, 1.82) is 0 Å². The summed E-state index contributed by atoms with van der Waals surface area (Å²) in [6.45, 7) is 3.98. The first-order valence-electron chi connectivity index (χ1n) is 9.54. The first kappa shape index (κ1) is 21.2. The summed E-state index contributed by atoms with van der Waals surface area (Å²) in [7, 11) is 0. The SMILES string of the molecule is CCOC(=O)c1c(NC(=O)[C@@H](C)Sc2ccc(Cl)cc2)sc2c1CCCCC2. The molecule has 1 aliphatic rings. The smallest absolute Gasteiger partial charge is 0.341 e. The van der Waals surface area contributed by atoms with E-state index in [2.05, 4.69) is 5.32 Å². The van der Waals surface area contributed by atoms with E-state index in [0.717, 1.165) is 36.1 Å². The topological polar surface area (TPSA) is 55.4 Å². The third kappa shape index (κ3) is 5.10. The third-order valence-electron chi connectivity index (χ3n) is 4.63. The maximum atomic E-state index is 12.8. The van der Waals surface area contributed by atoms with Crippen LogP contribution >= 0.6 is 34.7 Å². The second kappa shape index (κ2) is 9.81. The van der Waals surface area contributed by atoms with Gasteiger partial charge in [-0.3, -0.25) is 4.79 Å². The summed E-state index contributed by atoms with van der Waals surface area (Å²) < 4.78 is 5.28. The van der Waals surface area contributed by atoms with Gasteiger partial charge in [0.25, 0.3) is 0 Å². The zero-order valence-electron chi connectivity index (χ0n) is 16.0. The highest BCUT2D eigenvalue weighted by Crippen LogP contribution is 2.38. The molecule has 0 spiro atoms. The molecule has 2 aromatic rings. The average molecular weight is 438 g/mol. The monoisotopic (exact) mass is 437 g/mol. The first-order chi connectivity index (χ1) is 13.5. The maximum absolute atomic E-state index is 12.8. The molecule has 4 nitrogen and oxygen atoms in total. The Hall–Kier alpha value is -1.50. The Morgan fingerprint density at radius 1 is 1.21 bits per heavy atom. The fourth-order valence-electron chi connectivity index (χ4n) is 3.23. The van der Waals surface area contributed by atoms with Crippen LogP contribution in [-0.4, -0.2) is 23.7 Å². The number of hydrogen-bond acceptors (Lipinski definition) is 5. The minimum atomic E-state index is -0.338. The van der Waals surface area contributed by atoms with Crippen LogP contribution in [0.1, 0.15) is 53.9 Å². The lowest BCUT2D eigenvalue weighted by atomic mass is 10.1. The molecular weight excluding hydrogens is 414 g/mol. The summed E-state index contributed by atoms with van der Waals surface area (Å²) in [4.78, 5) is 27.6. The molecule has 1 amide bonds. The van der Waals surface area contributed by atoms with Gasteiger partial charge in [-0.05, 0) is 69.4 Å². The van der Waals surface area contributed by atoms with Crippen LogP contribution in [0, 0.1) is 0 Å². The molecule has 1 heterocycles. The van der Waals surface area contributed by atoms with Crippen molar-refractivity contribution in [3.63, 3.8) is 0 Å². The van der Waals surface area contributed by atoms with Gasteiger partial charge in [-0.25, -0.2) is 4.79 Å². The number of anilines is 1. The number of ether oxygens (including phenoxy) is 1. The Morgan fingerprint density at radius 2 is 1.93 bits per heavy atom. The van der Waals surface area contributed by atoms with Crippen LogP contribution in [-0.2, 0) is 22.4 Å². The molecule has 7 heteroatoms. The van der Waals surface area contributed by atoms with Gasteiger partial charge in [0, 0.05) is 14.8 Å². The molecule has 28 heavy (non-hydrogen) atoms. The lowest BCUT2D eigenvalue weighted by Gasteiger charge is -2.13. The van der Waals surface area contributed by atoms with Gasteiger partial charge in [0.1, 0.15) is 5.00 Å². The molecule has 1 atom stereocenters. The van der Waals surface area contributed by atoms with E-state index >= 15 is 0 Å². The third-order valence-corrected chi connectivity index (χ3v) is 7.20. The molecule has 150 valence electrons. The quantitative estimate of drug-likeness (QED) is 0.343. The second-order valence-electron chi connectivity index (χ2n) is 6.69. The summed E-state index contributed by atoms with van der Waals surface area (Å²) in [5.74, 6) is -0.461. The van der Waals surface area contributed by atoms with Gasteiger partial charge in [-0.15, -0.1) is 23.1 Å². The van der Waals surface area contributed by atoms with Gasteiger partial charge in [0.2, 0.25) is 5.91 Å². The number of carbonyl (C=O) groups excluding carboxylic acids is 2. The first-order valence-corrected chi connectivity index (χ1v) is 11.6. The van der Waals surface area contributed by atoms with Crippen LogP contribution in [0.5, 0.6) is 0 Å². The van der Waals surface area contributed by atoms with Crippen molar-refractivity contribution < 1.29 is 14.3 Å². The number of thiophene rings is 1. The highest BCUT2D eigenvalue weighted by molar-refractivity contribution is 8.00. The van der Waals surface area contributed by atoms with Crippen LogP contribution in [0.3, 0.4) is 0 Å². The number of nitrogens with one attached hydrogen (secondary N) is 1. The van der Waals surface area contributed by atoms with Crippen LogP contribution in [0.4, 0.5) is 5.00 Å². The molecular formula is C21H24ClNO3S2. The van der Waals surface area contributed by atoms with E-state index in [1.807, 2.05) is 31.2 Å². The Bertz CT molecular complexity index is 848. The van der Waals surface area contributed by atoms with Crippen LogP contribution in [0.25, 0.3) is 0 Å². The Labute approximate surface area is 179 Å². The van der Waals surface area contributed by atoms with Gasteiger partial charge >= 0.3 is 5.97 Å². The van der Waals surface area contributed by atoms with Gasteiger partial charge in [-0.1, -0.05) is 18.0 Å². The van der Waals surface area contributed by atoms with E-state index in [-0.39, 0.29) is 17.1 Å². The van der Waals surface area contributed by atoms with Gasteiger partial charge in [0.05, 0.1) is 17.4 Å². The Morgan fingerprint density at radius 3 is 2.64 bits per heavy atom. The minimum Gasteiger partial charge on any atom is -0.462 e. The van der Waals surface area contributed by atoms with Crippen molar-refractivity contribution in [3.8, 4) is 0 Å². The van der Waals surface area contributed by atoms with Crippen molar-refractivity contribution in [2.24, 2.45) is 0 Å². The largest absolute Gasteiger partial charge is 0.462 e. The number of benzene rings is 1. The number of fused-ring (bicyclic) bond motifs is 1. The van der Waals surface area contributed by atoms with Gasteiger partial charge in [0.15, 0.2) is 0 Å². The van der Waals surface area contributed by atoms with Crippen LogP contribution in [0.2, 0.25) is 5.02 Å².